The molecule has 0 aliphatic carbocycles. The maximum atomic E-state index is 12.5. The predicted octanol–water partition coefficient (Wildman–Crippen LogP) is 1.99. The van der Waals surface area contributed by atoms with Crippen LogP contribution in [0.25, 0.3) is 0 Å². The van der Waals surface area contributed by atoms with Gasteiger partial charge in [0.05, 0.1) is 25.2 Å². The molecule has 1 atom stereocenters. The van der Waals surface area contributed by atoms with Crippen molar-refractivity contribution in [3.8, 4) is 0 Å². The summed E-state index contributed by atoms with van der Waals surface area (Å²) in [6.07, 6.45) is 1.82. The number of rotatable bonds is 8. The lowest BCUT2D eigenvalue weighted by Crippen LogP contribution is -2.48. The first-order valence-electron chi connectivity index (χ1n) is 8.72. The van der Waals surface area contributed by atoms with Crippen LogP contribution in [0.2, 0.25) is 10.0 Å². The Hall–Kier alpha value is -1.06. The molecule has 1 aliphatic heterocycles. The summed E-state index contributed by atoms with van der Waals surface area (Å²) in [7, 11) is -3.71. The van der Waals surface area contributed by atoms with Crippen LogP contribution in [-0.2, 0) is 19.6 Å². The molecule has 1 heterocycles. The molecule has 152 valence electrons. The van der Waals surface area contributed by atoms with Crippen molar-refractivity contribution in [1.82, 2.24) is 10.2 Å². The number of sulfonamides is 1. The maximum Gasteiger partial charge on any atom is 0.243 e. The summed E-state index contributed by atoms with van der Waals surface area (Å²) >= 11 is 12.0. The van der Waals surface area contributed by atoms with E-state index in [1.54, 1.807) is 0 Å². The Morgan fingerprint density at radius 2 is 1.85 bits per heavy atom. The Morgan fingerprint density at radius 3 is 2.41 bits per heavy atom. The summed E-state index contributed by atoms with van der Waals surface area (Å²) in [6.45, 7) is 6.10. The summed E-state index contributed by atoms with van der Waals surface area (Å²) in [5.41, 5.74) is 0.256. The van der Waals surface area contributed by atoms with E-state index in [2.05, 4.69) is 10.2 Å². The first kappa shape index (κ1) is 22.2. The maximum absolute atomic E-state index is 12.5. The molecule has 27 heavy (non-hydrogen) atoms. The van der Waals surface area contributed by atoms with Crippen LogP contribution in [0.1, 0.15) is 13.3 Å². The second-order valence-electron chi connectivity index (χ2n) is 6.46. The summed E-state index contributed by atoms with van der Waals surface area (Å²) in [5.74, 6) is -0.376. The van der Waals surface area contributed by atoms with Crippen molar-refractivity contribution < 1.29 is 17.9 Å². The number of anilines is 1. The second kappa shape index (κ2) is 9.93. The highest BCUT2D eigenvalue weighted by Crippen LogP contribution is 2.28. The molecule has 1 fully saturated rings. The number of carbonyl (C=O) groups is 1. The quantitative estimate of drug-likeness (QED) is 0.628. The van der Waals surface area contributed by atoms with Crippen LogP contribution in [-0.4, -0.2) is 70.9 Å². The number of nitrogens with one attached hydrogen (secondary N) is 1. The number of hydrogen-bond donors (Lipinski definition) is 1. The number of nitrogens with zero attached hydrogens (tertiary/aromatic N) is 2. The standard InChI is InChI=1S/C17H25Cl2N3O4S/c1-13(17(23)20-4-3-5-21-6-8-26-9-7-21)22(27(2,24)25)16-11-14(18)10-15(19)12-16/h10-13H,3-9H2,1-2H3,(H,20,23). The number of hydrogen-bond acceptors (Lipinski definition) is 5. The highest BCUT2D eigenvalue weighted by molar-refractivity contribution is 7.92. The molecule has 2 rings (SSSR count). The topological polar surface area (TPSA) is 79.0 Å². The van der Waals surface area contributed by atoms with Crippen LogP contribution in [0.15, 0.2) is 18.2 Å². The number of ether oxygens (including phenoxy) is 1. The molecule has 0 bridgehead atoms. The highest BCUT2D eigenvalue weighted by atomic mass is 35.5. The van der Waals surface area contributed by atoms with E-state index < -0.39 is 16.1 Å². The highest BCUT2D eigenvalue weighted by Gasteiger charge is 2.29. The Labute approximate surface area is 170 Å². The Bertz CT molecular complexity index is 734. The minimum Gasteiger partial charge on any atom is -0.379 e. The Morgan fingerprint density at radius 1 is 1.26 bits per heavy atom. The first-order valence-corrected chi connectivity index (χ1v) is 11.3. The van der Waals surface area contributed by atoms with Gasteiger partial charge in [0.25, 0.3) is 0 Å². The molecule has 7 nitrogen and oxygen atoms in total. The monoisotopic (exact) mass is 437 g/mol. The third kappa shape index (κ3) is 6.80. The van der Waals surface area contributed by atoms with E-state index in [0.717, 1.165) is 49.8 Å². The molecule has 1 aromatic carbocycles. The van der Waals surface area contributed by atoms with Crippen molar-refractivity contribution in [3.05, 3.63) is 28.2 Å². The zero-order valence-corrected chi connectivity index (χ0v) is 17.8. The number of benzene rings is 1. The van der Waals surface area contributed by atoms with Gasteiger partial charge in [-0.1, -0.05) is 23.2 Å². The lowest BCUT2D eigenvalue weighted by atomic mass is 10.2. The van der Waals surface area contributed by atoms with Gasteiger partial charge >= 0.3 is 0 Å². The number of morpholine rings is 1. The lowest BCUT2D eigenvalue weighted by Gasteiger charge is -2.29. The molecular weight excluding hydrogens is 413 g/mol. The van der Waals surface area contributed by atoms with Crippen molar-refractivity contribution in [3.63, 3.8) is 0 Å². The van der Waals surface area contributed by atoms with Crippen LogP contribution < -0.4 is 9.62 Å². The van der Waals surface area contributed by atoms with Crippen LogP contribution in [0, 0.1) is 0 Å². The van der Waals surface area contributed by atoms with Gasteiger partial charge < -0.3 is 10.1 Å². The molecule has 0 saturated carbocycles. The molecule has 1 aromatic rings. The fourth-order valence-corrected chi connectivity index (χ4v) is 4.64. The van der Waals surface area contributed by atoms with Gasteiger partial charge in [0.2, 0.25) is 15.9 Å². The molecule has 0 spiro atoms. The van der Waals surface area contributed by atoms with Crippen molar-refractivity contribution in [2.24, 2.45) is 0 Å². The summed E-state index contributed by atoms with van der Waals surface area (Å²) < 4.78 is 30.9. The molecule has 0 aromatic heterocycles. The van der Waals surface area contributed by atoms with E-state index >= 15 is 0 Å². The molecule has 0 radical (unpaired) electrons. The fourth-order valence-electron chi connectivity index (χ4n) is 2.96. The first-order chi connectivity index (χ1) is 12.7. The Balaban J connectivity index is 1.97. The van der Waals surface area contributed by atoms with Gasteiger partial charge in [0.15, 0.2) is 0 Å². The van der Waals surface area contributed by atoms with E-state index in [1.165, 1.54) is 25.1 Å². The molecule has 10 heteroatoms. The molecule has 1 N–H and O–H groups in total. The zero-order chi connectivity index (χ0) is 20.0. The van der Waals surface area contributed by atoms with E-state index in [-0.39, 0.29) is 11.6 Å². The van der Waals surface area contributed by atoms with Gasteiger partial charge in [-0.05, 0) is 38.1 Å². The molecule has 1 aliphatic rings. The number of amides is 1. The third-order valence-corrected chi connectivity index (χ3v) is 5.92. The molecular formula is C17H25Cl2N3O4S. The van der Waals surface area contributed by atoms with Gasteiger partial charge in [-0.15, -0.1) is 0 Å². The fraction of sp³-hybridized carbons (Fsp3) is 0.588. The number of carbonyl (C=O) groups excluding carboxylic acids is 1. The normalized spacial score (nSPS) is 16.7. The SMILES string of the molecule is CC(C(=O)NCCCN1CCOCC1)N(c1cc(Cl)cc(Cl)c1)S(C)(=O)=O. The van der Waals surface area contributed by atoms with E-state index in [9.17, 15) is 13.2 Å². The average molecular weight is 438 g/mol. The minimum atomic E-state index is -3.71. The van der Waals surface area contributed by atoms with Crippen molar-refractivity contribution in [2.75, 3.05) is 50.0 Å². The van der Waals surface area contributed by atoms with Gasteiger partial charge in [-0.25, -0.2) is 8.42 Å². The molecule has 1 unspecified atom stereocenters. The minimum absolute atomic E-state index is 0.256. The van der Waals surface area contributed by atoms with Crippen LogP contribution in [0.4, 0.5) is 5.69 Å². The van der Waals surface area contributed by atoms with E-state index in [0.29, 0.717) is 16.6 Å². The van der Waals surface area contributed by atoms with Crippen LogP contribution >= 0.6 is 23.2 Å². The smallest absolute Gasteiger partial charge is 0.243 e. The zero-order valence-electron chi connectivity index (χ0n) is 15.5. The third-order valence-electron chi connectivity index (χ3n) is 4.24. The van der Waals surface area contributed by atoms with Gasteiger partial charge in [0, 0.05) is 29.7 Å². The van der Waals surface area contributed by atoms with Crippen LogP contribution in [0.3, 0.4) is 0 Å². The van der Waals surface area contributed by atoms with Gasteiger partial charge in [0.1, 0.15) is 6.04 Å². The summed E-state index contributed by atoms with van der Waals surface area (Å²) in [6, 6.07) is 3.51. The Kier molecular flexibility index (Phi) is 8.18. The average Bonchev–Trinajstić information content (AvgIpc) is 2.57. The molecule has 1 saturated heterocycles. The number of halogens is 2. The van der Waals surface area contributed by atoms with Gasteiger partial charge in [-0.3, -0.25) is 14.0 Å². The summed E-state index contributed by atoms with van der Waals surface area (Å²) in [4.78, 5) is 14.8. The van der Waals surface area contributed by atoms with Crippen LogP contribution in [0.5, 0.6) is 0 Å². The largest absolute Gasteiger partial charge is 0.379 e. The van der Waals surface area contributed by atoms with E-state index in [1.807, 2.05) is 0 Å². The molecule has 1 amide bonds. The second-order valence-corrected chi connectivity index (χ2v) is 9.19. The summed E-state index contributed by atoms with van der Waals surface area (Å²) in [5, 5.41) is 3.40. The van der Waals surface area contributed by atoms with Crippen molar-refractivity contribution in [1.29, 1.82) is 0 Å². The van der Waals surface area contributed by atoms with Gasteiger partial charge in [-0.2, -0.15) is 0 Å². The lowest BCUT2D eigenvalue weighted by molar-refractivity contribution is -0.121. The van der Waals surface area contributed by atoms with E-state index in [4.69, 9.17) is 27.9 Å². The van der Waals surface area contributed by atoms with Crippen molar-refractivity contribution >= 4 is 44.8 Å². The predicted molar refractivity (Wildman–Crippen MR) is 108 cm³/mol. The van der Waals surface area contributed by atoms with Crippen molar-refractivity contribution in [2.45, 2.75) is 19.4 Å².